The monoisotopic (exact) mass is 656 g/mol. The van der Waals surface area contributed by atoms with Crippen LogP contribution in [0.4, 0.5) is 0 Å². The molecule has 10 rings (SSSR count). The molecule has 0 fully saturated rings. The van der Waals surface area contributed by atoms with Gasteiger partial charge in [-0.25, -0.2) is 15.0 Å². The molecule has 0 unspecified atom stereocenters. The van der Waals surface area contributed by atoms with Crippen molar-refractivity contribution in [1.29, 1.82) is 0 Å². The Morgan fingerprint density at radius 3 is 1.70 bits per heavy atom. The second kappa shape index (κ2) is 11.6. The molecule has 7 aromatic carbocycles. The minimum absolute atomic E-state index is 0.661. The van der Waals surface area contributed by atoms with Crippen LogP contribution in [0.3, 0.4) is 0 Å². The molecule has 0 radical (unpaired) electrons. The summed E-state index contributed by atoms with van der Waals surface area (Å²) in [7, 11) is 0. The Hall–Kier alpha value is -6.43. The van der Waals surface area contributed by atoms with Gasteiger partial charge in [0.2, 0.25) is 0 Å². The average Bonchev–Trinajstić information content (AvgIpc) is 3.74. The minimum Gasteiger partial charge on any atom is -0.309 e. The van der Waals surface area contributed by atoms with Gasteiger partial charge in [0.1, 0.15) is 0 Å². The number of hydrogen-bond donors (Lipinski definition) is 0. The van der Waals surface area contributed by atoms with Crippen LogP contribution in [0, 0.1) is 0 Å². The summed E-state index contributed by atoms with van der Waals surface area (Å²) in [6.07, 6.45) is 0. The van der Waals surface area contributed by atoms with E-state index in [1.54, 1.807) is 0 Å². The van der Waals surface area contributed by atoms with E-state index in [0.717, 1.165) is 27.8 Å². The summed E-state index contributed by atoms with van der Waals surface area (Å²) >= 11 is 1.81. The lowest BCUT2D eigenvalue weighted by molar-refractivity contribution is 1.08. The summed E-state index contributed by atoms with van der Waals surface area (Å²) in [6.45, 7) is 0. The number of aromatic nitrogens is 4. The van der Waals surface area contributed by atoms with Gasteiger partial charge in [-0.3, -0.25) is 0 Å². The van der Waals surface area contributed by atoms with E-state index in [4.69, 9.17) is 15.0 Å². The fourth-order valence-electron chi connectivity index (χ4n) is 7.21. The standard InChI is InChI=1S/C45H28N4S/c1-4-14-29(15-5-1)33-21-12-22-35-34-20-10-11-24-38(34)49(42(33)35)32-26-27-36-40(28-32)50-39-25-13-23-37(41(36)39)45-47-43(30-16-6-2-7-17-30)46-44(48-45)31-18-8-3-9-19-31/h1-28H. The second-order valence-corrected chi connectivity index (χ2v) is 13.5. The van der Waals surface area contributed by atoms with Crippen LogP contribution in [0.15, 0.2) is 170 Å². The Labute approximate surface area is 292 Å². The van der Waals surface area contributed by atoms with Crippen molar-refractivity contribution in [3.63, 3.8) is 0 Å². The highest BCUT2D eigenvalue weighted by Crippen LogP contribution is 2.43. The van der Waals surface area contributed by atoms with E-state index in [2.05, 4.69) is 114 Å². The van der Waals surface area contributed by atoms with E-state index in [9.17, 15) is 0 Å². The zero-order valence-corrected chi connectivity index (χ0v) is 27.7. The Balaban J connectivity index is 1.20. The van der Waals surface area contributed by atoms with Gasteiger partial charge < -0.3 is 4.57 Å². The molecule has 0 amide bonds. The normalized spacial score (nSPS) is 11.6. The van der Waals surface area contributed by atoms with Crippen molar-refractivity contribution in [2.45, 2.75) is 0 Å². The van der Waals surface area contributed by atoms with Gasteiger partial charge in [0, 0.05) is 58.9 Å². The van der Waals surface area contributed by atoms with Crippen molar-refractivity contribution >= 4 is 53.3 Å². The van der Waals surface area contributed by atoms with Gasteiger partial charge in [-0.1, -0.05) is 146 Å². The molecule has 3 heterocycles. The molecule has 0 spiro atoms. The van der Waals surface area contributed by atoms with Gasteiger partial charge in [0.15, 0.2) is 17.5 Å². The lowest BCUT2D eigenvalue weighted by Gasteiger charge is -2.12. The summed E-state index contributed by atoms with van der Waals surface area (Å²) < 4.78 is 4.85. The molecule has 234 valence electrons. The number of benzene rings is 7. The van der Waals surface area contributed by atoms with E-state index in [-0.39, 0.29) is 0 Å². The Morgan fingerprint density at radius 2 is 0.980 bits per heavy atom. The van der Waals surface area contributed by atoms with Crippen molar-refractivity contribution in [2.75, 3.05) is 0 Å². The molecule has 0 aliphatic heterocycles. The number of thiophene rings is 1. The largest absolute Gasteiger partial charge is 0.309 e. The minimum atomic E-state index is 0.661. The third-order valence-corrected chi connectivity index (χ3v) is 10.6. The van der Waals surface area contributed by atoms with Gasteiger partial charge in [0.25, 0.3) is 0 Å². The van der Waals surface area contributed by atoms with Crippen LogP contribution in [-0.4, -0.2) is 19.5 Å². The van der Waals surface area contributed by atoms with Gasteiger partial charge >= 0.3 is 0 Å². The Bertz CT molecular complexity index is 2800. The van der Waals surface area contributed by atoms with E-state index < -0.39 is 0 Å². The Kier molecular flexibility index (Phi) is 6.64. The molecule has 0 bridgehead atoms. The first-order valence-electron chi connectivity index (χ1n) is 16.7. The fourth-order valence-corrected chi connectivity index (χ4v) is 8.37. The topological polar surface area (TPSA) is 43.6 Å². The van der Waals surface area contributed by atoms with Crippen molar-refractivity contribution < 1.29 is 0 Å². The van der Waals surface area contributed by atoms with Crippen LogP contribution in [0.1, 0.15) is 0 Å². The summed E-state index contributed by atoms with van der Waals surface area (Å²) in [5, 5.41) is 4.85. The van der Waals surface area contributed by atoms with Crippen LogP contribution >= 0.6 is 11.3 Å². The predicted molar refractivity (Wildman–Crippen MR) is 209 cm³/mol. The molecule has 0 saturated heterocycles. The smallest absolute Gasteiger partial charge is 0.164 e. The number of hydrogen-bond acceptors (Lipinski definition) is 4. The van der Waals surface area contributed by atoms with Crippen LogP contribution in [0.2, 0.25) is 0 Å². The maximum absolute atomic E-state index is 5.08. The van der Waals surface area contributed by atoms with Crippen LogP contribution in [0.25, 0.3) is 93.0 Å². The maximum atomic E-state index is 5.08. The quantitative estimate of drug-likeness (QED) is 0.185. The summed E-state index contributed by atoms with van der Waals surface area (Å²) in [5.41, 5.74) is 8.89. The first-order valence-corrected chi connectivity index (χ1v) is 17.5. The molecular weight excluding hydrogens is 629 g/mol. The SMILES string of the molecule is c1ccc(-c2nc(-c3ccccc3)nc(-c3cccc4sc5cc(-n6c7ccccc7c7cccc(-c8ccccc8)c76)ccc5c34)n2)cc1. The number of fused-ring (bicyclic) bond motifs is 6. The first kappa shape index (κ1) is 28.6. The molecule has 50 heavy (non-hydrogen) atoms. The number of para-hydroxylation sites is 2. The second-order valence-electron chi connectivity index (χ2n) is 12.4. The van der Waals surface area contributed by atoms with Gasteiger partial charge in [-0.05, 0) is 29.8 Å². The molecule has 0 N–H and O–H groups in total. The van der Waals surface area contributed by atoms with Crippen LogP contribution < -0.4 is 0 Å². The highest BCUT2D eigenvalue weighted by molar-refractivity contribution is 7.26. The summed E-state index contributed by atoms with van der Waals surface area (Å²) in [6, 6.07) is 59.7. The molecule has 5 heteroatoms. The zero-order chi connectivity index (χ0) is 33.0. The maximum Gasteiger partial charge on any atom is 0.164 e. The van der Waals surface area contributed by atoms with E-state index >= 15 is 0 Å². The van der Waals surface area contributed by atoms with Crippen molar-refractivity contribution in [3.05, 3.63) is 170 Å². The predicted octanol–water partition coefficient (Wildman–Crippen LogP) is 12.0. The molecule has 0 aliphatic rings. The van der Waals surface area contributed by atoms with Crippen molar-refractivity contribution in [3.8, 4) is 51.0 Å². The van der Waals surface area contributed by atoms with Crippen molar-refractivity contribution in [1.82, 2.24) is 19.5 Å². The highest BCUT2D eigenvalue weighted by Gasteiger charge is 2.20. The lowest BCUT2D eigenvalue weighted by atomic mass is 10.0. The van der Waals surface area contributed by atoms with E-state index in [0.29, 0.717) is 17.5 Å². The average molecular weight is 657 g/mol. The van der Waals surface area contributed by atoms with Crippen molar-refractivity contribution in [2.24, 2.45) is 0 Å². The third kappa shape index (κ3) is 4.63. The molecular formula is C45H28N4S. The van der Waals surface area contributed by atoms with Gasteiger partial charge in [0.05, 0.1) is 11.0 Å². The lowest BCUT2D eigenvalue weighted by Crippen LogP contribution is -2.00. The van der Waals surface area contributed by atoms with E-state index in [1.165, 1.54) is 47.7 Å². The van der Waals surface area contributed by atoms with Gasteiger partial charge in [-0.2, -0.15) is 0 Å². The Morgan fingerprint density at radius 1 is 0.400 bits per heavy atom. The third-order valence-electron chi connectivity index (χ3n) is 9.46. The molecule has 0 atom stereocenters. The molecule has 10 aromatic rings. The molecule has 3 aromatic heterocycles. The summed E-state index contributed by atoms with van der Waals surface area (Å²) in [5.74, 6) is 1.99. The van der Waals surface area contributed by atoms with Crippen LogP contribution in [-0.2, 0) is 0 Å². The molecule has 0 saturated carbocycles. The molecule has 0 aliphatic carbocycles. The number of nitrogens with zero attached hydrogens (tertiary/aromatic N) is 4. The number of rotatable bonds is 5. The fraction of sp³-hybridized carbons (Fsp3) is 0. The summed E-state index contributed by atoms with van der Waals surface area (Å²) in [4.78, 5) is 15.1. The van der Waals surface area contributed by atoms with Crippen LogP contribution in [0.5, 0.6) is 0 Å². The molecule has 4 nitrogen and oxygen atoms in total. The van der Waals surface area contributed by atoms with E-state index in [1.807, 2.05) is 72.0 Å². The highest BCUT2D eigenvalue weighted by atomic mass is 32.1. The van der Waals surface area contributed by atoms with Gasteiger partial charge in [-0.15, -0.1) is 11.3 Å². The zero-order valence-electron chi connectivity index (χ0n) is 26.9. The first-order chi connectivity index (χ1) is 24.8.